The Labute approximate surface area is 218 Å². The summed E-state index contributed by atoms with van der Waals surface area (Å²) in [5.74, 6) is -0.331. The van der Waals surface area contributed by atoms with Gasteiger partial charge in [0.15, 0.2) is 12.1 Å². The lowest BCUT2D eigenvalue weighted by Gasteiger charge is -2.32. The molecule has 14 heteroatoms. The summed E-state index contributed by atoms with van der Waals surface area (Å²) in [6.45, 7) is 0.537. The van der Waals surface area contributed by atoms with Crippen molar-refractivity contribution in [3.05, 3.63) is 47.4 Å². The number of aryl methyl sites for hydroxylation is 1. The summed E-state index contributed by atoms with van der Waals surface area (Å²) in [5.41, 5.74) is 11.1. The number of carbonyl (C=O) groups is 2. The summed E-state index contributed by atoms with van der Waals surface area (Å²) < 4.78 is 7.19. The molecule has 4 atom stereocenters. The van der Waals surface area contributed by atoms with Crippen molar-refractivity contribution >= 4 is 23.5 Å². The van der Waals surface area contributed by atoms with Crippen molar-refractivity contribution in [2.45, 2.75) is 50.2 Å². The molecule has 2 aromatic rings. The fourth-order valence-electron chi connectivity index (χ4n) is 4.38. The third-order valence-corrected chi connectivity index (χ3v) is 6.44. The van der Waals surface area contributed by atoms with E-state index in [0.717, 1.165) is 11.1 Å². The molecule has 2 aliphatic rings. The van der Waals surface area contributed by atoms with Crippen LogP contribution in [0.4, 0.5) is 5.82 Å². The van der Waals surface area contributed by atoms with E-state index in [-0.39, 0.29) is 26.1 Å². The number of amides is 1. The molecule has 0 radical (unpaired) electrons. The summed E-state index contributed by atoms with van der Waals surface area (Å²) in [4.78, 5) is 31.0. The summed E-state index contributed by atoms with van der Waals surface area (Å²) >= 11 is 0. The van der Waals surface area contributed by atoms with Crippen LogP contribution in [0.2, 0.25) is 0 Å². The Hall–Kier alpha value is -3.56. The van der Waals surface area contributed by atoms with Crippen LogP contribution >= 0.6 is 0 Å². The number of fused-ring (bicyclic) bond motifs is 1. The van der Waals surface area contributed by atoms with Crippen molar-refractivity contribution in [1.82, 2.24) is 20.0 Å². The van der Waals surface area contributed by atoms with Gasteiger partial charge in [-0.15, -0.1) is 0 Å². The predicted molar refractivity (Wildman–Crippen MR) is 135 cm³/mol. The van der Waals surface area contributed by atoms with Crippen molar-refractivity contribution in [3.8, 4) is 0 Å². The van der Waals surface area contributed by atoms with Crippen molar-refractivity contribution in [3.63, 3.8) is 0 Å². The monoisotopic (exact) mass is 531 g/mol. The van der Waals surface area contributed by atoms with Crippen molar-refractivity contribution in [2.75, 3.05) is 31.7 Å². The number of aliphatic carboxylic acids is 1. The van der Waals surface area contributed by atoms with Crippen LogP contribution < -0.4 is 16.5 Å². The predicted octanol–water partition coefficient (Wildman–Crippen LogP) is -1.43. The Morgan fingerprint density at radius 1 is 1.16 bits per heavy atom. The van der Waals surface area contributed by atoms with E-state index in [1.807, 2.05) is 24.3 Å². The number of carboxylic acids is 1. The van der Waals surface area contributed by atoms with Crippen LogP contribution in [0.3, 0.4) is 0 Å². The molecular weight excluding hydrogens is 498 g/mol. The maximum absolute atomic E-state index is 11.3. The molecule has 38 heavy (non-hydrogen) atoms. The molecule has 8 N–H and O–H groups in total. The number of nitrogens with two attached hydrogens (primary N) is 1. The minimum absolute atomic E-state index is 0.0594. The number of amidine groups is 1. The molecular formula is C24H33N7O7. The highest BCUT2D eigenvalue weighted by Gasteiger charge is 2.45. The fourth-order valence-corrected chi connectivity index (χ4v) is 4.38. The molecule has 4 rings (SSSR count). The number of hydrogen-bond donors (Lipinski definition) is 7. The number of hydrogen-bond acceptors (Lipinski definition) is 10. The Morgan fingerprint density at radius 2 is 1.87 bits per heavy atom. The molecule has 0 unspecified atom stereocenters. The van der Waals surface area contributed by atoms with Gasteiger partial charge < -0.3 is 36.2 Å². The van der Waals surface area contributed by atoms with E-state index < -0.39 is 43.0 Å². The van der Waals surface area contributed by atoms with Gasteiger partial charge in [-0.3, -0.25) is 24.2 Å². The van der Waals surface area contributed by atoms with Crippen LogP contribution in [0.15, 0.2) is 35.6 Å². The molecule has 1 saturated heterocycles. The lowest BCUT2D eigenvalue weighted by molar-refractivity contribution is -0.137. The first-order chi connectivity index (χ1) is 18.3. The second kappa shape index (κ2) is 12.3. The topological polar surface area (TPSA) is 208 Å². The van der Waals surface area contributed by atoms with E-state index in [1.165, 1.54) is 6.33 Å². The third-order valence-electron chi connectivity index (χ3n) is 6.44. The Bertz CT molecular complexity index is 1150. The van der Waals surface area contributed by atoms with Gasteiger partial charge in [-0.2, -0.15) is 0 Å². The molecule has 0 aliphatic carbocycles. The molecule has 0 spiro atoms. The molecule has 206 valence electrons. The van der Waals surface area contributed by atoms with Gasteiger partial charge in [-0.1, -0.05) is 24.3 Å². The number of hydrazine groups is 1. The first-order valence-electron chi connectivity index (χ1n) is 12.4. The van der Waals surface area contributed by atoms with Gasteiger partial charge in [-0.25, -0.2) is 10.4 Å². The zero-order valence-corrected chi connectivity index (χ0v) is 20.7. The van der Waals surface area contributed by atoms with Crippen LogP contribution in [-0.2, 0) is 27.2 Å². The van der Waals surface area contributed by atoms with Crippen LogP contribution in [-0.4, -0.2) is 97.4 Å². The molecule has 1 fully saturated rings. The Morgan fingerprint density at radius 3 is 2.50 bits per heavy atom. The summed E-state index contributed by atoms with van der Waals surface area (Å²) in [6.07, 6.45) is -1.63. The van der Waals surface area contributed by atoms with Gasteiger partial charge in [0, 0.05) is 19.4 Å². The Balaban J connectivity index is 1.45. The number of aliphatic hydroxyl groups excluding tert-OH is 3. The lowest BCUT2D eigenvalue weighted by Crippen LogP contribution is -2.50. The number of nitrogens with one attached hydrogen (secondary N) is 2. The quantitative estimate of drug-likeness (QED) is 0.169. The molecule has 3 heterocycles. The van der Waals surface area contributed by atoms with E-state index >= 15 is 0 Å². The van der Waals surface area contributed by atoms with E-state index in [9.17, 15) is 24.9 Å². The van der Waals surface area contributed by atoms with E-state index in [1.54, 1.807) is 9.58 Å². The van der Waals surface area contributed by atoms with Crippen molar-refractivity contribution in [2.24, 2.45) is 10.7 Å². The number of anilines is 1. The standard InChI is InChI=1S/C24H33N7O7/c25-17(33)8-9-26-23-19-22(30(12-27-19)24-21(37)20(36)16(11-32)38-24)28-13-31(23)29-10-7-15-3-1-14(2-4-15)5-6-18(34)35/h1-4,12,16,20-21,24,28-29,32,36-37H,5-11,13H2,(H2,25,33)(H,34,35)/t16-,20-,21-,24-/m1/s1. The number of aliphatic hydroxyl groups is 3. The normalized spacial score (nSPS) is 23.9. The van der Waals surface area contributed by atoms with Crippen LogP contribution in [0.5, 0.6) is 0 Å². The Kier molecular flexibility index (Phi) is 8.91. The van der Waals surface area contributed by atoms with Gasteiger partial charge in [0.2, 0.25) is 5.91 Å². The number of aromatic nitrogens is 2. The second-order valence-electron chi connectivity index (χ2n) is 9.13. The second-order valence-corrected chi connectivity index (χ2v) is 9.13. The highest BCUT2D eigenvalue weighted by Crippen LogP contribution is 2.34. The van der Waals surface area contributed by atoms with Gasteiger partial charge in [0.05, 0.1) is 19.5 Å². The molecule has 14 nitrogen and oxygen atoms in total. The molecule has 1 aromatic heterocycles. The van der Waals surface area contributed by atoms with Gasteiger partial charge in [0.25, 0.3) is 0 Å². The van der Waals surface area contributed by atoms with Gasteiger partial charge >= 0.3 is 5.97 Å². The van der Waals surface area contributed by atoms with Gasteiger partial charge in [0.1, 0.15) is 36.5 Å². The maximum Gasteiger partial charge on any atom is 0.303 e. The first-order valence-corrected chi connectivity index (χ1v) is 12.4. The van der Waals surface area contributed by atoms with Crippen molar-refractivity contribution < 1.29 is 34.8 Å². The summed E-state index contributed by atoms with van der Waals surface area (Å²) in [5, 5.41) is 43.8. The average molecular weight is 532 g/mol. The fraction of sp³-hybridized carbons (Fsp3) is 0.500. The largest absolute Gasteiger partial charge is 0.481 e. The van der Waals surface area contributed by atoms with E-state index in [2.05, 4.69) is 20.7 Å². The van der Waals surface area contributed by atoms with Gasteiger partial charge in [-0.05, 0) is 24.0 Å². The highest BCUT2D eigenvalue weighted by molar-refractivity contribution is 6.02. The van der Waals surface area contributed by atoms with Crippen molar-refractivity contribution in [1.29, 1.82) is 0 Å². The number of rotatable bonds is 12. The average Bonchev–Trinajstić information content (AvgIpc) is 3.44. The molecule has 0 saturated carbocycles. The minimum atomic E-state index is -1.27. The third kappa shape index (κ3) is 6.28. The zero-order chi connectivity index (χ0) is 27.2. The molecule has 2 aliphatic heterocycles. The van der Waals surface area contributed by atoms with E-state index in [0.29, 0.717) is 36.7 Å². The smallest absolute Gasteiger partial charge is 0.303 e. The number of nitrogens with zero attached hydrogens (tertiary/aromatic N) is 4. The number of carbonyl (C=O) groups excluding carboxylic acids is 1. The van der Waals surface area contributed by atoms with E-state index in [4.69, 9.17) is 15.6 Å². The molecule has 0 bridgehead atoms. The number of imidazole rings is 1. The SMILES string of the molecule is NC(=O)CCN=C1c2ncn([C@@H]3O[C@H](CO)[C@@H](O)[C@H]3O)c2NCN1NCCc1ccc(CCC(=O)O)cc1. The number of primary amides is 1. The molecule has 1 amide bonds. The number of carboxylic acid groups (broad SMARTS) is 1. The number of ether oxygens (including phenoxy) is 1. The first kappa shape index (κ1) is 27.5. The van der Waals surface area contributed by atoms with Crippen LogP contribution in [0.1, 0.15) is 35.9 Å². The van der Waals surface area contributed by atoms with Crippen LogP contribution in [0, 0.1) is 0 Å². The number of aliphatic imine (C=N–C) groups is 1. The minimum Gasteiger partial charge on any atom is -0.481 e. The summed E-state index contributed by atoms with van der Waals surface area (Å²) in [6, 6.07) is 7.79. The lowest BCUT2D eigenvalue weighted by atomic mass is 10.1. The zero-order valence-electron chi connectivity index (χ0n) is 20.7. The maximum atomic E-state index is 11.3. The molecule has 1 aromatic carbocycles. The van der Waals surface area contributed by atoms with Crippen LogP contribution in [0.25, 0.3) is 0 Å². The summed E-state index contributed by atoms with van der Waals surface area (Å²) in [7, 11) is 0. The number of benzene rings is 1. The highest BCUT2D eigenvalue weighted by atomic mass is 16.6.